The molecule has 10 heteroatoms. The van der Waals surface area contributed by atoms with Crippen LogP contribution in [0.25, 0.3) is 0 Å². The molecule has 0 heterocycles. The van der Waals surface area contributed by atoms with Crippen molar-refractivity contribution in [2.24, 2.45) is 0 Å². The monoisotopic (exact) mass is 255 g/mol. The van der Waals surface area contributed by atoms with Gasteiger partial charge in [-0.15, -0.1) is 0 Å². The van der Waals surface area contributed by atoms with Crippen LogP contribution in [-0.4, -0.2) is 52.8 Å². The first-order chi connectivity index (χ1) is 7.14. The molecule has 92 valence electrons. The van der Waals surface area contributed by atoms with Gasteiger partial charge in [-0.05, 0) is 0 Å². The van der Waals surface area contributed by atoms with E-state index in [0.29, 0.717) is 0 Å². The van der Waals surface area contributed by atoms with Crippen LogP contribution in [0.4, 0.5) is 0 Å². The predicted octanol–water partition coefficient (Wildman–Crippen LogP) is -2.08. The Morgan fingerprint density at radius 2 is 1.69 bits per heavy atom. The number of hydrogen-bond acceptors (Lipinski definition) is 5. The van der Waals surface area contributed by atoms with Crippen LogP contribution in [0, 0.1) is 0 Å². The number of nitrogens with one attached hydrogen (secondary N) is 1. The molecule has 0 spiro atoms. The molecular weight excluding hydrogens is 246 g/mol. The molecule has 0 fully saturated rings. The van der Waals surface area contributed by atoms with Crippen LogP contribution in [0.3, 0.4) is 0 Å². The van der Waals surface area contributed by atoms with Gasteiger partial charge in [0.05, 0.1) is 6.42 Å². The van der Waals surface area contributed by atoms with Crippen molar-refractivity contribution in [1.29, 1.82) is 0 Å². The van der Waals surface area contributed by atoms with Gasteiger partial charge in [0.1, 0.15) is 6.54 Å². The van der Waals surface area contributed by atoms with Crippen molar-refractivity contribution in [3.8, 4) is 0 Å². The number of carboxylic acid groups (broad SMARTS) is 2. The fourth-order valence-corrected chi connectivity index (χ4v) is 1.35. The summed E-state index contributed by atoms with van der Waals surface area (Å²) in [5.74, 6) is -4.37. The highest BCUT2D eigenvalue weighted by atomic mass is 32.2. The lowest BCUT2D eigenvalue weighted by Crippen LogP contribution is -2.38. The molecule has 0 aliphatic heterocycles. The number of carbonyl (C=O) groups excluding carboxylic acids is 1. The summed E-state index contributed by atoms with van der Waals surface area (Å²) < 4.78 is 29.5. The van der Waals surface area contributed by atoms with Gasteiger partial charge in [0, 0.05) is 0 Å². The zero-order valence-electron chi connectivity index (χ0n) is 7.78. The van der Waals surface area contributed by atoms with E-state index < -0.39 is 46.2 Å². The van der Waals surface area contributed by atoms with Gasteiger partial charge in [-0.1, -0.05) is 0 Å². The van der Waals surface area contributed by atoms with Crippen molar-refractivity contribution in [2.45, 2.75) is 11.7 Å². The highest BCUT2D eigenvalue weighted by molar-refractivity contribution is 7.87. The number of carboxylic acids is 2. The van der Waals surface area contributed by atoms with Crippen LogP contribution in [0.5, 0.6) is 0 Å². The summed E-state index contributed by atoms with van der Waals surface area (Å²) in [6.07, 6.45) is -1.05. The zero-order chi connectivity index (χ0) is 12.9. The van der Waals surface area contributed by atoms with E-state index in [1.807, 2.05) is 0 Å². The highest BCUT2D eigenvalue weighted by Gasteiger charge is 2.33. The van der Waals surface area contributed by atoms with Crippen LogP contribution >= 0.6 is 0 Å². The maximum absolute atomic E-state index is 10.9. The van der Waals surface area contributed by atoms with E-state index in [0.717, 1.165) is 0 Å². The lowest BCUT2D eigenvalue weighted by atomic mass is 10.3. The van der Waals surface area contributed by atoms with Crippen molar-refractivity contribution in [1.82, 2.24) is 5.32 Å². The minimum atomic E-state index is -4.91. The average Bonchev–Trinajstić information content (AvgIpc) is 2.08. The first kappa shape index (κ1) is 14.3. The van der Waals surface area contributed by atoms with E-state index in [9.17, 15) is 22.8 Å². The molecule has 0 bridgehead atoms. The lowest BCUT2D eigenvalue weighted by Gasteiger charge is -2.08. The number of rotatable bonds is 6. The molecule has 4 N–H and O–H groups in total. The molecule has 0 aromatic rings. The Morgan fingerprint density at radius 3 is 2.00 bits per heavy atom. The Kier molecular flexibility index (Phi) is 4.85. The summed E-state index contributed by atoms with van der Waals surface area (Å²) in [5.41, 5.74) is 0. The van der Waals surface area contributed by atoms with Gasteiger partial charge in [-0.3, -0.25) is 18.9 Å². The first-order valence-corrected chi connectivity index (χ1v) is 5.32. The predicted molar refractivity (Wildman–Crippen MR) is 48.2 cm³/mol. The van der Waals surface area contributed by atoms with Crippen LogP contribution in [0.15, 0.2) is 0 Å². The topological polar surface area (TPSA) is 158 Å². The highest BCUT2D eigenvalue weighted by Crippen LogP contribution is 2.04. The Morgan fingerprint density at radius 1 is 1.19 bits per heavy atom. The second-order valence-electron chi connectivity index (χ2n) is 2.72. The molecule has 0 rings (SSSR count). The third-order valence-electron chi connectivity index (χ3n) is 1.44. The molecule has 9 nitrogen and oxygen atoms in total. The minimum Gasteiger partial charge on any atom is -0.480 e. The second-order valence-corrected chi connectivity index (χ2v) is 4.32. The molecule has 0 aromatic heterocycles. The van der Waals surface area contributed by atoms with Crippen molar-refractivity contribution in [3.63, 3.8) is 0 Å². The number of hydrogen-bond donors (Lipinski definition) is 4. The quantitative estimate of drug-likeness (QED) is 0.393. The Labute approximate surface area is 89.8 Å². The third-order valence-corrected chi connectivity index (χ3v) is 2.53. The molecule has 16 heavy (non-hydrogen) atoms. The van der Waals surface area contributed by atoms with Crippen molar-refractivity contribution >= 4 is 28.0 Å². The SMILES string of the molecule is O=C(O)CNC(=O)CC(C(=O)O)S(=O)(=O)O. The Bertz CT molecular complexity index is 399. The minimum absolute atomic E-state index is 0.767. The van der Waals surface area contributed by atoms with Crippen molar-refractivity contribution < 1.29 is 37.6 Å². The molecular formula is C6H9NO8S. The molecule has 1 amide bonds. The van der Waals surface area contributed by atoms with E-state index in [1.54, 1.807) is 5.32 Å². The van der Waals surface area contributed by atoms with Crippen LogP contribution < -0.4 is 5.32 Å². The van der Waals surface area contributed by atoms with Crippen molar-refractivity contribution in [3.05, 3.63) is 0 Å². The summed E-state index contributed by atoms with van der Waals surface area (Å²) in [5, 5.41) is 16.0. The zero-order valence-corrected chi connectivity index (χ0v) is 8.60. The third kappa shape index (κ3) is 5.26. The summed E-state index contributed by atoms with van der Waals surface area (Å²) in [7, 11) is -4.91. The van der Waals surface area contributed by atoms with Gasteiger partial charge in [0.2, 0.25) is 5.91 Å². The van der Waals surface area contributed by atoms with Crippen LogP contribution in [0.1, 0.15) is 6.42 Å². The van der Waals surface area contributed by atoms with Crippen molar-refractivity contribution in [2.75, 3.05) is 6.54 Å². The summed E-state index contributed by atoms with van der Waals surface area (Å²) in [6, 6.07) is 0. The second kappa shape index (κ2) is 5.42. The Hall–Kier alpha value is -1.68. The first-order valence-electron chi connectivity index (χ1n) is 3.82. The van der Waals surface area contributed by atoms with E-state index in [4.69, 9.17) is 14.8 Å². The van der Waals surface area contributed by atoms with Crippen LogP contribution in [0.2, 0.25) is 0 Å². The van der Waals surface area contributed by atoms with Gasteiger partial charge in [0.25, 0.3) is 10.1 Å². The van der Waals surface area contributed by atoms with E-state index in [1.165, 1.54) is 0 Å². The number of aliphatic carboxylic acids is 2. The van der Waals surface area contributed by atoms with E-state index >= 15 is 0 Å². The average molecular weight is 255 g/mol. The smallest absolute Gasteiger partial charge is 0.324 e. The maximum Gasteiger partial charge on any atom is 0.324 e. The summed E-state index contributed by atoms with van der Waals surface area (Å²) in [4.78, 5) is 31.3. The molecule has 0 aliphatic rings. The molecule has 0 saturated heterocycles. The van der Waals surface area contributed by atoms with Gasteiger partial charge in [-0.2, -0.15) is 8.42 Å². The number of amides is 1. The van der Waals surface area contributed by atoms with Gasteiger partial charge in [0.15, 0.2) is 5.25 Å². The van der Waals surface area contributed by atoms with Gasteiger partial charge < -0.3 is 15.5 Å². The largest absolute Gasteiger partial charge is 0.480 e. The van der Waals surface area contributed by atoms with Gasteiger partial charge >= 0.3 is 11.9 Å². The molecule has 0 aliphatic carbocycles. The molecule has 0 saturated carbocycles. The van der Waals surface area contributed by atoms with Crippen LogP contribution in [-0.2, 0) is 24.5 Å². The maximum atomic E-state index is 10.9. The van der Waals surface area contributed by atoms with E-state index in [2.05, 4.69) is 0 Å². The number of carbonyl (C=O) groups is 3. The molecule has 0 radical (unpaired) electrons. The fourth-order valence-electron chi connectivity index (χ4n) is 0.735. The molecule has 0 aromatic carbocycles. The lowest BCUT2D eigenvalue weighted by molar-refractivity contribution is -0.139. The summed E-state index contributed by atoms with van der Waals surface area (Å²) in [6.45, 7) is -0.767. The normalized spacial score (nSPS) is 12.8. The Balaban J connectivity index is 4.49. The van der Waals surface area contributed by atoms with Gasteiger partial charge in [-0.25, -0.2) is 0 Å². The fraction of sp³-hybridized carbons (Fsp3) is 0.500. The summed E-state index contributed by atoms with van der Waals surface area (Å²) >= 11 is 0. The molecule has 1 atom stereocenters. The van der Waals surface area contributed by atoms with E-state index in [-0.39, 0.29) is 0 Å². The standard InChI is InChI=1S/C6H9NO8S/c8-4(7-2-5(9)10)1-3(6(11)12)16(13,14)15/h3H,1-2H2,(H,7,8)(H,9,10)(H,11,12)(H,13,14,15). The molecule has 1 unspecified atom stereocenters.